The van der Waals surface area contributed by atoms with Gasteiger partial charge in [-0.1, -0.05) is 42.8 Å². The first-order valence-electron chi connectivity index (χ1n) is 16.3. The number of ketones is 1. The van der Waals surface area contributed by atoms with E-state index in [1.54, 1.807) is 41.0 Å². The molecule has 2 N–H and O–H groups in total. The Morgan fingerprint density at radius 1 is 1.06 bits per heavy atom. The Labute approximate surface area is 285 Å². The predicted octanol–water partition coefficient (Wildman–Crippen LogP) is 7.61. The van der Waals surface area contributed by atoms with Gasteiger partial charge in [0.1, 0.15) is 4.21 Å². The maximum absolute atomic E-state index is 14.1. The first kappa shape index (κ1) is 34.0. The maximum atomic E-state index is 14.1. The maximum Gasteiger partial charge on any atom is 0.252 e. The smallest absolute Gasteiger partial charge is 0.252 e. The molecule has 4 unspecified atom stereocenters. The van der Waals surface area contributed by atoms with Gasteiger partial charge in [0.05, 0.1) is 18.0 Å². The van der Waals surface area contributed by atoms with Crippen LogP contribution in [-0.4, -0.2) is 53.5 Å². The predicted molar refractivity (Wildman–Crippen MR) is 187 cm³/mol. The van der Waals surface area contributed by atoms with Gasteiger partial charge in [-0.2, -0.15) is 4.31 Å². The van der Waals surface area contributed by atoms with Gasteiger partial charge >= 0.3 is 0 Å². The Hall–Kier alpha value is -2.86. The van der Waals surface area contributed by atoms with Crippen molar-refractivity contribution >= 4 is 38.5 Å². The van der Waals surface area contributed by atoms with Crippen molar-refractivity contribution in [1.82, 2.24) is 4.31 Å². The molecule has 3 aliphatic carbocycles. The van der Waals surface area contributed by atoms with E-state index in [4.69, 9.17) is 4.42 Å². The summed E-state index contributed by atoms with van der Waals surface area (Å²) in [4.78, 5) is 15.0. The second kappa shape index (κ2) is 13.9. The molecule has 0 amide bonds. The molecule has 0 spiro atoms. The van der Waals surface area contributed by atoms with E-state index >= 15 is 0 Å². The number of furan rings is 1. The average Bonchev–Trinajstić information content (AvgIpc) is 3.87. The van der Waals surface area contributed by atoms with Gasteiger partial charge in [-0.15, -0.1) is 22.7 Å². The van der Waals surface area contributed by atoms with Crippen molar-refractivity contribution in [1.29, 1.82) is 0 Å². The van der Waals surface area contributed by atoms with Crippen LogP contribution in [0.3, 0.4) is 0 Å². The zero-order chi connectivity index (χ0) is 33.2. The Bertz CT molecular complexity index is 1800. The summed E-state index contributed by atoms with van der Waals surface area (Å²) in [7, 11) is -3.87. The fraction of sp³-hybridized carbons (Fsp3) is 0.432. The lowest BCUT2D eigenvalue weighted by Gasteiger charge is -2.46. The molecular weight excluding hydrogens is 651 g/mol. The minimum atomic E-state index is -3.87. The monoisotopic (exact) mass is 693 g/mol. The van der Waals surface area contributed by atoms with Crippen molar-refractivity contribution in [3.05, 3.63) is 111 Å². The van der Waals surface area contributed by atoms with E-state index in [0.29, 0.717) is 50.5 Å². The normalized spacial score (nSPS) is 25.4. The highest BCUT2D eigenvalue weighted by Crippen LogP contribution is 2.59. The SMILES string of the molecule is CC1=CCCC2(C)C(CCC2(O)CN(CCc2cccs2)S(=O)(=O)c2cccs2)c2ccc(cc2C(=O)c2ccco2)CC(O)CC1. The lowest BCUT2D eigenvalue weighted by molar-refractivity contribution is -0.0722. The summed E-state index contributed by atoms with van der Waals surface area (Å²) in [5, 5.41) is 27.4. The lowest BCUT2D eigenvalue weighted by atomic mass is 9.65. The standard InChI is InChI=1S/C37H43NO6S3/c1-26-7-3-17-36(2)32(30-14-12-27(23-28(39)13-11-26)24-31(30)35(40)33-9-4-20-44-33)15-18-37(36,41)25-38(19-16-29-8-5-21-45-29)47(42,43)34-10-6-22-46-34/h4-10,12,14,20-22,24,28,32,39,41H,3,11,13,15-19,23,25H2,1-2H3. The topological polar surface area (TPSA) is 108 Å². The molecule has 7 rings (SSSR count). The van der Waals surface area contributed by atoms with Crippen molar-refractivity contribution in [2.45, 2.75) is 87.0 Å². The number of hydrogen-bond donors (Lipinski definition) is 2. The van der Waals surface area contributed by atoms with Gasteiger partial charge in [-0.05, 0) is 116 Å². The third-order valence-corrected chi connectivity index (χ3v) is 14.5. The van der Waals surface area contributed by atoms with Crippen LogP contribution in [0.2, 0.25) is 0 Å². The van der Waals surface area contributed by atoms with Gasteiger partial charge in [-0.25, -0.2) is 8.42 Å². The Morgan fingerprint density at radius 3 is 2.60 bits per heavy atom. The molecule has 0 saturated heterocycles. The number of hydrogen-bond acceptors (Lipinski definition) is 8. The number of aliphatic hydroxyl groups excluding tert-OH is 1. The number of rotatable bonds is 9. The largest absolute Gasteiger partial charge is 0.461 e. The number of allylic oxidation sites excluding steroid dienone is 2. The summed E-state index contributed by atoms with van der Waals surface area (Å²) in [6, 6.07) is 16.5. The molecular formula is C37H43NO6S3. The van der Waals surface area contributed by atoms with E-state index in [9.17, 15) is 23.4 Å². The molecule has 4 aromatic rings. The van der Waals surface area contributed by atoms with Gasteiger partial charge in [0.2, 0.25) is 5.78 Å². The molecule has 250 valence electrons. The summed E-state index contributed by atoms with van der Waals surface area (Å²) in [6.07, 6.45) is 7.73. The summed E-state index contributed by atoms with van der Waals surface area (Å²) in [6.45, 7) is 4.36. The molecule has 3 aromatic heterocycles. The van der Waals surface area contributed by atoms with Gasteiger partial charge in [-0.3, -0.25) is 4.79 Å². The number of fused-ring (bicyclic) bond motifs is 8. The highest BCUT2D eigenvalue weighted by molar-refractivity contribution is 7.91. The Balaban J connectivity index is 1.43. The van der Waals surface area contributed by atoms with Crippen molar-refractivity contribution in [3.8, 4) is 0 Å². The van der Waals surface area contributed by atoms with Crippen LogP contribution in [0.25, 0.3) is 0 Å². The molecule has 2 bridgehead atoms. The van der Waals surface area contributed by atoms with Crippen LogP contribution in [0.15, 0.2) is 91.9 Å². The molecule has 7 nitrogen and oxygen atoms in total. The van der Waals surface area contributed by atoms with E-state index in [1.807, 2.05) is 35.7 Å². The zero-order valence-corrected chi connectivity index (χ0v) is 29.4. The minimum Gasteiger partial charge on any atom is -0.461 e. The summed E-state index contributed by atoms with van der Waals surface area (Å²) >= 11 is 2.78. The second-order valence-corrected chi connectivity index (χ2v) is 17.5. The molecule has 0 aliphatic heterocycles. The van der Waals surface area contributed by atoms with E-state index < -0.39 is 27.1 Å². The first-order valence-corrected chi connectivity index (χ1v) is 19.5. The van der Waals surface area contributed by atoms with Crippen LogP contribution < -0.4 is 0 Å². The molecule has 47 heavy (non-hydrogen) atoms. The molecule has 0 radical (unpaired) electrons. The average molecular weight is 694 g/mol. The van der Waals surface area contributed by atoms with E-state index in [-0.39, 0.29) is 34.8 Å². The van der Waals surface area contributed by atoms with Gasteiger partial charge < -0.3 is 14.6 Å². The number of carbonyl (C=O) groups is 1. The summed E-state index contributed by atoms with van der Waals surface area (Å²) in [5.74, 6) is -0.221. The molecule has 3 aliphatic rings. The van der Waals surface area contributed by atoms with E-state index in [1.165, 1.54) is 27.5 Å². The molecule has 1 saturated carbocycles. The fourth-order valence-corrected chi connectivity index (χ4v) is 10.9. The van der Waals surface area contributed by atoms with Crippen LogP contribution >= 0.6 is 22.7 Å². The van der Waals surface area contributed by atoms with Crippen molar-refractivity contribution in [2.24, 2.45) is 5.41 Å². The van der Waals surface area contributed by atoms with Crippen LogP contribution in [0.4, 0.5) is 0 Å². The van der Waals surface area contributed by atoms with E-state index in [2.05, 4.69) is 19.9 Å². The number of carbonyl (C=O) groups excluding carboxylic acids is 1. The molecule has 1 fully saturated rings. The van der Waals surface area contributed by atoms with Crippen LogP contribution in [0.1, 0.15) is 90.4 Å². The second-order valence-electron chi connectivity index (χ2n) is 13.4. The lowest BCUT2D eigenvalue weighted by Crippen LogP contribution is -2.54. The Morgan fingerprint density at radius 2 is 1.87 bits per heavy atom. The van der Waals surface area contributed by atoms with Crippen LogP contribution in [0.5, 0.6) is 0 Å². The highest BCUT2D eigenvalue weighted by Gasteiger charge is 2.58. The van der Waals surface area contributed by atoms with Gasteiger partial charge in [0.15, 0.2) is 5.76 Å². The molecule has 10 heteroatoms. The van der Waals surface area contributed by atoms with Crippen molar-refractivity contribution < 1.29 is 27.8 Å². The Kier molecular flexibility index (Phi) is 10.1. The summed E-state index contributed by atoms with van der Waals surface area (Å²) in [5.41, 5.74) is 1.26. The fourth-order valence-electron chi connectivity index (χ4n) is 7.54. The number of benzene rings is 1. The number of aliphatic hydroxyl groups is 2. The zero-order valence-electron chi connectivity index (χ0n) is 26.9. The minimum absolute atomic E-state index is 0.0416. The van der Waals surface area contributed by atoms with Crippen molar-refractivity contribution in [2.75, 3.05) is 13.1 Å². The van der Waals surface area contributed by atoms with Crippen molar-refractivity contribution in [3.63, 3.8) is 0 Å². The molecule has 1 aromatic carbocycles. The summed E-state index contributed by atoms with van der Waals surface area (Å²) < 4.78 is 35.5. The number of sulfonamides is 1. The molecule has 3 heterocycles. The third kappa shape index (κ3) is 7.00. The quantitative estimate of drug-likeness (QED) is 0.138. The number of thiophene rings is 2. The molecule has 4 atom stereocenters. The number of nitrogens with zero attached hydrogens (tertiary/aromatic N) is 1. The highest BCUT2D eigenvalue weighted by atomic mass is 32.2. The first-order chi connectivity index (χ1) is 22.5. The van der Waals surface area contributed by atoms with Gasteiger partial charge in [0.25, 0.3) is 10.0 Å². The van der Waals surface area contributed by atoms with Crippen LogP contribution in [-0.2, 0) is 22.9 Å². The third-order valence-electron chi connectivity index (χ3n) is 10.4. The van der Waals surface area contributed by atoms with E-state index in [0.717, 1.165) is 22.4 Å². The van der Waals surface area contributed by atoms with Crippen LogP contribution in [0, 0.1) is 5.41 Å². The van der Waals surface area contributed by atoms with Gasteiger partial charge in [0, 0.05) is 28.9 Å².